The van der Waals surface area contributed by atoms with Gasteiger partial charge in [0, 0.05) is 37.4 Å². The van der Waals surface area contributed by atoms with E-state index in [9.17, 15) is 4.79 Å². The van der Waals surface area contributed by atoms with E-state index in [1.54, 1.807) is 6.26 Å². The number of amides is 1. The number of hydrogen-bond donors (Lipinski definition) is 1. The topological polar surface area (TPSA) is 48.7 Å². The summed E-state index contributed by atoms with van der Waals surface area (Å²) in [7, 11) is 0. The molecular weight excluding hydrogens is 314 g/mol. The van der Waals surface area contributed by atoms with E-state index in [-0.39, 0.29) is 5.91 Å². The van der Waals surface area contributed by atoms with Gasteiger partial charge in [-0.25, -0.2) is 0 Å². The summed E-state index contributed by atoms with van der Waals surface area (Å²) in [6, 6.07) is 11.0. The molecule has 0 spiro atoms. The van der Waals surface area contributed by atoms with E-state index in [0.29, 0.717) is 24.2 Å². The Morgan fingerprint density at radius 3 is 2.96 bits per heavy atom. The van der Waals surface area contributed by atoms with Gasteiger partial charge in [0.1, 0.15) is 5.76 Å². The first-order chi connectivity index (χ1) is 12.1. The van der Waals surface area contributed by atoms with Gasteiger partial charge in [-0.2, -0.15) is 0 Å². The molecule has 5 nitrogen and oxygen atoms in total. The maximum atomic E-state index is 12.9. The first-order valence-corrected chi connectivity index (χ1v) is 9.07. The van der Waals surface area contributed by atoms with E-state index in [1.165, 1.54) is 11.3 Å². The van der Waals surface area contributed by atoms with Crippen LogP contribution < -0.4 is 10.2 Å². The zero-order valence-corrected chi connectivity index (χ0v) is 14.9. The number of rotatable bonds is 3. The van der Waals surface area contributed by atoms with Gasteiger partial charge in [0.25, 0.3) is 5.91 Å². The van der Waals surface area contributed by atoms with Gasteiger partial charge in [0.2, 0.25) is 0 Å². The zero-order valence-electron chi connectivity index (χ0n) is 14.9. The molecule has 25 heavy (non-hydrogen) atoms. The number of nitrogens with zero attached hydrogens (tertiary/aromatic N) is 2. The molecule has 0 aliphatic carbocycles. The van der Waals surface area contributed by atoms with Gasteiger partial charge < -0.3 is 19.5 Å². The van der Waals surface area contributed by atoms with Crippen LogP contribution in [0.1, 0.15) is 35.5 Å². The summed E-state index contributed by atoms with van der Waals surface area (Å²) in [6.07, 6.45) is 2.68. The van der Waals surface area contributed by atoms with E-state index in [1.807, 2.05) is 11.0 Å². The van der Waals surface area contributed by atoms with Crippen LogP contribution in [0.4, 0.5) is 5.69 Å². The minimum absolute atomic E-state index is 0.0808. The highest BCUT2D eigenvalue weighted by Crippen LogP contribution is 2.33. The summed E-state index contributed by atoms with van der Waals surface area (Å²) >= 11 is 0. The molecule has 0 radical (unpaired) electrons. The molecule has 0 bridgehead atoms. The highest BCUT2D eigenvalue weighted by molar-refractivity contribution is 5.95. The van der Waals surface area contributed by atoms with Crippen LogP contribution in [-0.2, 0) is 13.0 Å². The zero-order chi connectivity index (χ0) is 17.4. The van der Waals surface area contributed by atoms with Crippen LogP contribution in [0, 0.1) is 0 Å². The molecule has 5 heteroatoms. The van der Waals surface area contributed by atoms with Gasteiger partial charge in [-0.15, -0.1) is 0 Å². The van der Waals surface area contributed by atoms with E-state index in [2.05, 4.69) is 48.3 Å². The molecule has 2 aliphatic heterocycles. The number of fused-ring (bicyclic) bond motifs is 1. The number of piperazine rings is 1. The Balaban J connectivity index is 1.55. The number of carbonyl (C=O) groups is 1. The second-order valence-corrected chi connectivity index (χ2v) is 7.17. The average Bonchev–Trinajstić information content (AvgIpc) is 3.19. The Morgan fingerprint density at radius 2 is 2.12 bits per heavy atom. The second-order valence-electron chi connectivity index (χ2n) is 7.17. The summed E-state index contributed by atoms with van der Waals surface area (Å²) in [4.78, 5) is 17.2. The first-order valence-electron chi connectivity index (χ1n) is 9.07. The van der Waals surface area contributed by atoms with Crippen molar-refractivity contribution in [3.63, 3.8) is 0 Å². The molecule has 132 valence electrons. The number of hydrogen-bond acceptors (Lipinski definition) is 4. The van der Waals surface area contributed by atoms with E-state index >= 15 is 0 Å². The molecule has 2 unspecified atom stereocenters. The normalized spacial score (nSPS) is 23.0. The van der Waals surface area contributed by atoms with Gasteiger partial charge in [-0.05, 0) is 38.0 Å². The lowest BCUT2D eigenvalue weighted by Gasteiger charge is -2.32. The molecule has 1 N–H and O–H groups in total. The van der Waals surface area contributed by atoms with Crippen LogP contribution in [0.25, 0.3) is 0 Å². The van der Waals surface area contributed by atoms with Gasteiger partial charge in [0.15, 0.2) is 0 Å². The number of carbonyl (C=O) groups excluding carboxylic acids is 1. The number of para-hydroxylation sites is 1. The highest BCUT2D eigenvalue weighted by atomic mass is 16.3. The molecule has 1 aromatic heterocycles. The lowest BCUT2D eigenvalue weighted by molar-refractivity contribution is 0.0706. The van der Waals surface area contributed by atoms with Crippen molar-refractivity contribution in [3.05, 3.63) is 53.5 Å². The predicted molar refractivity (Wildman–Crippen MR) is 97.9 cm³/mol. The van der Waals surface area contributed by atoms with Crippen LogP contribution in [0.15, 0.2) is 41.0 Å². The maximum Gasteiger partial charge on any atom is 0.257 e. The van der Waals surface area contributed by atoms with Crippen molar-refractivity contribution in [2.45, 2.75) is 38.9 Å². The van der Waals surface area contributed by atoms with Crippen molar-refractivity contribution in [1.29, 1.82) is 0 Å². The highest BCUT2D eigenvalue weighted by Gasteiger charge is 2.29. The van der Waals surface area contributed by atoms with Crippen LogP contribution >= 0.6 is 0 Å². The average molecular weight is 339 g/mol. The Kier molecular flexibility index (Phi) is 4.25. The number of benzene rings is 1. The molecule has 2 aliphatic rings. The number of furan rings is 1. The fourth-order valence-corrected chi connectivity index (χ4v) is 3.97. The molecule has 2 atom stereocenters. The largest absolute Gasteiger partial charge is 0.467 e. The smallest absolute Gasteiger partial charge is 0.257 e. The monoisotopic (exact) mass is 339 g/mol. The third kappa shape index (κ3) is 3.04. The molecule has 2 aromatic rings. The lowest BCUT2D eigenvalue weighted by Crippen LogP contribution is -2.51. The van der Waals surface area contributed by atoms with E-state index in [0.717, 1.165) is 31.8 Å². The van der Waals surface area contributed by atoms with E-state index in [4.69, 9.17) is 4.42 Å². The fraction of sp³-hybridized carbons (Fsp3) is 0.450. The molecule has 3 heterocycles. The SMILES string of the molecule is CC1CN(C(=O)c2ccoc2CN2c3ccccc3CC2C)CCN1. The van der Waals surface area contributed by atoms with Crippen LogP contribution in [0.5, 0.6) is 0 Å². The van der Waals surface area contributed by atoms with Crippen molar-refractivity contribution >= 4 is 11.6 Å². The lowest BCUT2D eigenvalue weighted by atomic mass is 10.1. The second kappa shape index (κ2) is 6.56. The van der Waals surface area contributed by atoms with Crippen molar-refractivity contribution < 1.29 is 9.21 Å². The summed E-state index contributed by atoms with van der Waals surface area (Å²) in [5.41, 5.74) is 3.32. The van der Waals surface area contributed by atoms with Gasteiger partial charge >= 0.3 is 0 Å². The Bertz CT molecular complexity index is 770. The van der Waals surface area contributed by atoms with Gasteiger partial charge in [-0.3, -0.25) is 4.79 Å². The molecule has 1 fully saturated rings. The number of anilines is 1. The minimum Gasteiger partial charge on any atom is -0.467 e. The van der Waals surface area contributed by atoms with Crippen molar-refractivity contribution in [2.24, 2.45) is 0 Å². The third-order valence-electron chi connectivity index (χ3n) is 5.29. The standard InChI is InChI=1S/C20H25N3O2/c1-14-12-22(9-8-21-14)20(24)17-7-10-25-19(17)13-23-15(2)11-16-5-3-4-6-18(16)23/h3-7,10,14-15,21H,8-9,11-13H2,1-2H3. The van der Waals surface area contributed by atoms with Crippen LogP contribution in [0.3, 0.4) is 0 Å². The molecular formula is C20H25N3O2. The molecule has 1 saturated heterocycles. The molecule has 1 amide bonds. The van der Waals surface area contributed by atoms with Crippen molar-refractivity contribution in [1.82, 2.24) is 10.2 Å². The summed E-state index contributed by atoms with van der Waals surface area (Å²) in [5, 5.41) is 3.38. The van der Waals surface area contributed by atoms with Gasteiger partial charge in [0.05, 0.1) is 18.4 Å². The molecule has 4 rings (SSSR count). The molecule has 1 aromatic carbocycles. The quantitative estimate of drug-likeness (QED) is 0.934. The third-order valence-corrected chi connectivity index (χ3v) is 5.29. The molecule has 0 saturated carbocycles. The minimum atomic E-state index is 0.0808. The Labute approximate surface area is 148 Å². The van der Waals surface area contributed by atoms with Gasteiger partial charge in [-0.1, -0.05) is 18.2 Å². The van der Waals surface area contributed by atoms with E-state index < -0.39 is 0 Å². The summed E-state index contributed by atoms with van der Waals surface area (Å²) in [5.74, 6) is 0.844. The van der Waals surface area contributed by atoms with Crippen LogP contribution in [0.2, 0.25) is 0 Å². The number of nitrogens with one attached hydrogen (secondary N) is 1. The first kappa shape index (κ1) is 16.2. The van der Waals surface area contributed by atoms with Crippen molar-refractivity contribution in [3.8, 4) is 0 Å². The van der Waals surface area contributed by atoms with Crippen LogP contribution in [-0.4, -0.2) is 42.5 Å². The maximum absolute atomic E-state index is 12.9. The Morgan fingerprint density at radius 1 is 1.28 bits per heavy atom. The predicted octanol–water partition coefficient (Wildman–Crippen LogP) is 2.66. The fourth-order valence-electron chi connectivity index (χ4n) is 3.97. The summed E-state index contributed by atoms with van der Waals surface area (Å²) < 4.78 is 5.72. The Hall–Kier alpha value is -2.27. The van der Waals surface area contributed by atoms with Crippen molar-refractivity contribution in [2.75, 3.05) is 24.5 Å². The summed E-state index contributed by atoms with van der Waals surface area (Å²) in [6.45, 7) is 7.30.